The molecule has 3 atom stereocenters. The van der Waals surface area contributed by atoms with E-state index < -0.39 is 0 Å². The number of β-amino-alcohol motifs (C(OH)–C–C–N with tert-alkyl or cyclic N) is 1. The summed E-state index contributed by atoms with van der Waals surface area (Å²) in [5.41, 5.74) is 5.74. The third kappa shape index (κ3) is 5.36. The maximum Gasteiger partial charge on any atom is 0.252 e. The van der Waals surface area contributed by atoms with Crippen LogP contribution in [0.15, 0.2) is 48.8 Å². The molecule has 1 aromatic heterocycles. The van der Waals surface area contributed by atoms with Crippen molar-refractivity contribution in [2.45, 2.75) is 19.9 Å². The molecule has 2 aromatic carbocycles. The number of fused-ring (bicyclic) bond motifs is 1. The maximum atomic E-state index is 13.4. The number of nitrogens with one attached hydrogen (secondary N) is 1. The molecule has 0 saturated carbocycles. The Morgan fingerprint density at radius 2 is 1.89 bits per heavy atom. The van der Waals surface area contributed by atoms with E-state index in [1.54, 1.807) is 11.8 Å². The average molecular weight is 504 g/mol. The lowest BCUT2D eigenvalue weighted by molar-refractivity contribution is 0.0939. The summed E-state index contributed by atoms with van der Waals surface area (Å²) in [4.78, 5) is 18.2. The number of methoxy groups -OCH3 is 1. The summed E-state index contributed by atoms with van der Waals surface area (Å²) in [5, 5.41) is 16.7. The molecule has 2 aliphatic rings. The van der Waals surface area contributed by atoms with E-state index in [0.29, 0.717) is 17.4 Å². The number of anilines is 1. The minimum Gasteiger partial charge on any atom is -0.497 e. The van der Waals surface area contributed by atoms with E-state index in [2.05, 4.69) is 32.3 Å². The molecule has 2 aliphatic heterocycles. The number of aromatic nitrogens is 2. The lowest BCUT2D eigenvalue weighted by Crippen LogP contribution is -2.31. The van der Waals surface area contributed by atoms with Gasteiger partial charge in [0.2, 0.25) is 0 Å². The summed E-state index contributed by atoms with van der Waals surface area (Å²) in [5.74, 6) is 1.90. The molecular weight excluding hydrogens is 466 g/mol. The molecule has 8 heteroatoms. The van der Waals surface area contributed by atoms with E-state index in [4.69, 9.17) is 4.74 Å². The molecule has 5 rings (SSSR count). The predicted octanol–water partition coefficient (Wildman–Crippen LogP) is 3.26. The summed E-state index contributed by atoms with van der Waals surface area (Å²) < 4.78 is 7.32. The number of aryl methyl sites for hydroxylation is 2. The zero-order valence-electron chi connectivity index (χ0n) is 22.1. The standard InChI is InChI=1S/C29H37N5O3/c1-19-5-6-26(34-17-24-15-33(7-8-35)16-25(24)18-34)12-28(19)29(36)31-20(2)21-9-22(11-27(10-21)37-4)23-13-30-32(3)14-23/h5-6,9-14,20,24-25,35H,7-8,15-18H2,1-4H3,(H,31,36)/t20-,24?,25?/m1/s1. The second kappa shape index (κ2) is 10.6. The fraction of sp³-hybridized carbons (Fsp3) is 0.448. The third-order valence-electron chi connectivity index (χ3n) is 7.86. The number of rotatable bonds is 8. The van der Waals surface area contributed by atoms with Crippen LogP contribution in [0.3, 0.4) is 0 Å². The van der Waals surface area contributed by atoms with Gasteiger partial charge in [0, 0.05) is 62.8 Å². The topological polar surface area (TPSA) is 82.9 Å². The first-order valence-electron chi connectivity index (χ1n) is 13.0. The van der Waals surface area contributed by atoms with Crippen LogP contribution in [0.25, 0.3) is 11.1 Å². The lowest BCUT2D eigenvalue weighted by atomic mass is 10.0. The first-order chi connectivity index (χ1) is 17.8. The SMILES string of the molecule is COc1cc(-c2cnn(C)c2)cc([C@@H](C)NC(=O)c2cc(N3CC4CN(CCO)CC4C3)ccc2C)c1. The Bertz CT molecular complexity index is 1260. The third-order valence-corrected chi connectivity index (χ3v) is 7.86. The number of aliphatic hydroxyl groups is 1. The molecule has 0 radical (unpaired) electrons. The van der Waals surface area contributed by atoms with E-state index in [1.165, 1.54) is 0 Å². The van der Waals surface area contributed by atoms with Crippen LogP contribution >= 0.6 is 0 Å². The van der Waals surface area contributed by atoms with Gasteiger partial charge < -0.3 is 25.0 Å². The molecule has 2 unspecified atom stereocenters. The van der Waals surface area contributed by atoms with Gasteiger partial charge >= 0.3 is 0 Å². The van der Waals surface area contributed by atoms with Gasteiger partial charge in [-0.1, -0.05) is 6.07 Å². The highest BCUT2D eigenvalue weighted by molar-refractivity contribution is 5.97. The molecule has 2 N–H and O–H groups in total. The van der Waals surface area contributed by atoms with E-state index in [-0.39, 0.29) is 18.6 Å². The molecule has 3 heterocycles. The van der Waals surface area contributed by atoms with Crippen molar-refractivity contribution in [3.8, 4) is 16.9 Å². The van der Waals surface area contributed by atoms with Crippen molar-refractivity contribution in [3.63, 3.8) is 0 Å². The van der Waals surface area contributed by atoms with E-state index >= 15 is 0 Å². The smallest absolute Gasteiger partial charge is 0.252 e. The Morgan fingerprint density at radius 1 is 1.14 bits per heavy atom. The summed E-state index contributed by atoms with van der Waals surface area (Å²) in [6, 6.07) is 12.0. The van der Waals surface area contributed by atoms with Crippen LogP contribution < -0.4 is 15.0 Å². The average Bonchev–Trinajstić information content (AvgIpc) is 3.59. The second-order valence-corrected chi connectivity index (χ2v) is 10.5. The number of ether oxygens (including phenoxy) is 1. The monoisotopic (exact) mass is 503 g/mol. The van der Waals surface area contributed by atoms with Crippen molar-refractivity contribution in [1.82, 2.24) is 20.0 Å². The number of likely N-dealkylation sites (tertiary alicyclic amines) is 1. The van der Waals surface area contributed by atoms with Crippen LogP contribution in [0.2, 0.25) is 0 Å². The number of benzene rings is 2. The largest absolute Gasteiger partial charge is 0.497 e. The quantitative estimate of drug-likeness (QED) is 0.491. The highest BCUT2D eigenvalue weighted by atomic mass is 16.5. The Labute approximate surface area is 218 Å². The Kier molecular flexibility index (Phi) is 7.22. The van der Waals surface area contributed by atoms with Gasteiger partial charge in [0.25, 0.3) is 5.91 Å². The van der Waals surface area contributed by atoms with Crippen LogP contribution in [0.5, 0.6) is 5.75 Å². The molecule has 0 aliphatic carbocycles. The molecule has 2 saturated heterocycles. The number of carbonyl (C=O) groups excluding carboxylic acids is 1. The minimum atomic E-state index is -0.204. The van der Waals surface area contributed by atoms with Crippen molar-refractivity contribution in [3.05, 3.63) is 65.5 Å². The second-order valence-electron chi connectivity index (χ2n) is 10.5. The number of amides is 1. The van der Waals surface area contributed by atoms with Crippen molar-refractivity contribution < 1.29 is 14.6 Å². The van der Waals surface area contributed by atoms with Crippen molar-refractivity contribution in [2.24, 2.45) is 18.9 Å². The number of hydrogen-bond acceptors (Lipinski definition) is 6. The Morgan fingerprint density at radius 3 is 2.54 bits per heavy atom. The van der Waals surface area contributed by atoms with Gasteiger partial charge in [0.15, 0.2) is 0 Å². The van der Waals surface area contributed by atoms with Gasteiger partial charge in [-0.15, -0.1) is 0 Å². The summed E-state index contributed by atoms with van der Waals surface area (Å²) in [6.07, 6.45) is 3.79. The Balaban J connectivity index is 1.30. The first kappa shape index (κ1) is 25.3. The number of hydrogen-bond donors (Lipinski definition) is 2. The zero-order chi connectivity index (χ0) is 26.1. The van der Waals surface area contributed by atoms with Gasteiger partial charge in [-0.2, -0.15) is 5.10 Å². The van der Waals surface area contributed by atoms with Crippen molar-refractivity contribution in [1.29, 1.82) is 0 Å². The molecule has 2 fully saturated rings. The van der Waals surface area contributed by atoms with Gasteiger partial charge in [-0.05, 0) is 72.7 Å². The molecule has 196 valence electrons. The van der Waals surface area contributed by atoms with Gasteiger partial charge in [0.1, 0.15) is 5.75 Å². The predicted molar refractivity (Wildman–Crippen MR) is 145 cm³/mol. The highest BCUT2D eigenvalue weighted by Gasteiger charge is 2.39. The van der Waals surface area contributed by atoms with Gasteiger partial charge in [-0.3, -0.25) is 9.48 Å². The van der Waals surface area contributed by atoms with Crippen LogP contribution in [0.4, 0.5) is 5.69 Å². The van der Waals surface area contributed by atoms with Crippen molar-refractivity contribution >= 4 is 11.6 Å². The van der Waals surface area contributed by atoms with Crippen LogP contribution in [-0.4, -0.2) is 72.1 Å². The minimum absolute atomic E-state index is 0.0777. The summed E-state index contributed by atoms with van der Waals surface area (Å²) >= 11 is 0. The number of carbonyl (C=O) groups is 1. The highest BCUT2D eigenvalue weighted by Crippen LogP contribution is 2.35. The number of aliphatic hydroxyl groups excluding tert-OH is 1. The zero-order valence-corrected chi connectivity index (χ0v) is 22.1. The molecule has 3 aromatic rings. The van der Waals surface area contributed by atoms with E-state index in [1.807, 2.05) is 57.6 Å². The summed E-state index contributed by atoms with van der Waals surface area (Å²) in [6.45, 7) is 9.04. The lowest BCUT2D eigenvalue weighted by Gasteiger charge is -2.24. The van der Waals surface area contributed by atoms with E-state index in [0.717, 1.165) is 66.4 Å². The number of nitrogens with zero attached hydrogens (tertiary/aromatic N) is 4. The molecule has 1 amide bonds. The molecule has 0 bridgehead atoms. The fourth-order valence-corrected chi connectivity index (χ4v) is 5.76. The van der Waals surface area contributed by atoms with Gasteiger partial charge in [-0.25, -0.2) is 0 Å². The maximum absolute atomic E-state index is 13.4. The van der Waals surface area contributed by atoms with Crippen LogP contribution in [-0.2, 0) is 7.05 Å². The molecule has 8 nitrogen and oxygen atoms in total. The normalized spacial score (nSPS) is 20.2. The van der Waals surface area contributed by atoms with Crippen LogP contribution in [0.1, 0.15) is 34.5 Å². The summed E-state index contributed by atoms with van der Waals surface area (Å²) in [7, 11) is 3.55. The fourth-order valence-electron chi connectivity index (χ4n) is 5.76. The van der Waals surface area contributed by atoms with Crippen molar-refractivity contribution in [2.75, 3.05) is 51.3 Å². The van der Waals surface area contributed by atoms with Gasteiger partial charge in [0.05, 0.1) is 26.0 Å². The first-order valence-corrected chi connectivity index (χ1v) is 13.0. The van der Waals surface area contributed by atoms with E-state index in [9.17, 15) is 9.90 Å². The molecule has 37 heavy (non-hydrogen) atoms. The molecular formula is C29H37N5O3. The van der Waals surface area contributed by atoms with Crippen LogP contribution in [0, 0.1) is 18.8 Å². The Hall–Kier alpha value is -3.36. The molecule has 0 spiro atoms.